The number of aliphatic carboxylic acids is 2. The van der Waals surface area contributed by atoms with Crippen LogP contribution in [0.5, 0.6) is 0 Å². The monoisotopic (exact) mass is 186 g/mol. The molecule has 0 rings (SSSR count). The Bertz CT molecular complexity index is 233. The van der Waals surface area contributed by atoms with Crippen molar-refractivity contribution in [3.63, 3.8) is 0 Å². The molecule has 0 heterocycles. The average Bonchev–Trinajstić information content (AvgIpc) is 2.02. The van der Waals surface area contributed by atoms with Crippen LogP contribution < -0.4 is 5.32 Å². The van der Waals surface area contributed by atoms with Gasteiger partial charge in [-0.25, -0.2) is 0 Å². The first kappa shape index (κ1) is 11.4. The van der Waals surface area contributed by atoms with Gasteiger partial charge in [-0.3, -0.25) is 9.59 Å². The number of rotatable bonds is 6. The second-order valence-corrected chi connectivity index (χ2v) is 2.35. The lowest BCUT2D eigenvalue weighted by molar-refractivity contribution is -0.145. The fourth-order valence-corrected chi connectivity index (χ4v) is 0.724. The van der Waals surface area contributed by atoms with E-state index in [1.807, 2.05) is 6.07 Å². The molecule has 1 atom stereocenters. The summed E-state index contributed by atoms with van der Waals surface area (Å²) in [7, 11) is 0. The van der Waals surface area contributed by atoms with Gasteiger partial charge in [0.1, 0.15) is 6.04 Å². The zero-order valence-corrected chi connectivity index (χ0v) is 6.86. The molecule has 0 saturated carbocycles. The highest BCUT2D eigenvalue weighted by Crippen LogP contribution is 1.92. The molecule has 0 aromatic rings. The minimum Gasteiger partial charge on any atom is -0.481 e. The smallest absolute Gasteiger partial charge is 0.321 e. The summed E-state index contributed by atoms with van der Waals surface area (Å²) in [6.07, 6.45) is -0.329. The summed E-state index contributed by atoms with van der Waals surface area (Å²) < 4.78 is 0. The maximum absolute atomic E-state index is 10.4. The third kappa shape index (κ3) is 5.64. The fourth-order valence-electron chi connectivity index (χ4n) is 0.724. The lowest BCUT2D eigenvalue weighted by Crippen LogP contribution is -2.38. The average molecular weight is 186 g/mol. The van der Waals surface area contributed by atoms with Crippen molar-refractivity contribution in [3.05, 3.63) is 0 Å². The van der Waals surface area contributed by atoms with E-state index in [9.17, 15) is 9.59 Å². The number of carbonyl (C=O) groups is 2. The van der Waals surface area contributed by atoms with E-state index >= 15 is 0 Å². The van der Waals surface area contributed by atoms with Gasteiger partial charge in [-0.05, 0) is 0 Å². The Hall–Kier alpha value is -1.61. The van der Waals surface area contributed by atoms with E-state index in [4.69, 9.17) is 15.5 Å². The molecule has 0 fully saturated rings. The predicted molar refractivity (Wildman–Crippen MR) is 41.9 cm³/mol. The maximum atomic E-state index is 10.4. The number of carboxylic acids is 2. The minimum atomic E-state index is -1.22. The van der Waals surface area contributed by atoms with Gasteiger partial charge in [-0.2, -0.15) is 5.26 Å². The molecule has 6 nitrogen and oxygen atoms in total. The zero-order chi connectivity index (χ0) is 10.3. The molecule has 0 saturated heterocycles. The van der Waals surface area contributed by atoms with Crippen molar-refractivity contribution >= 4 is 11.9 Å². The van der Waals surface area contributed by atoms with E-state index in [1.165, 1.54) is 0 Å². The Morgan fingerprint density at radius 1 is 1.46 bits per heavy atom. The molecule has 0 aliphatic rings. The molecular weight excluding hydrogens is 176 g/mol. The van der Waals surface area contributed by atoms with Gasteiger partial charge in [0.15, 0.2) is 0 Å². The highest BCUT2D eigenvalue weighted by molar-refractivity contribution is 5.80. The maximum Gasteiger partial charge on any atom is 0.321 e. The van der Waals surface area contributed by atoms with Gasteiger partial charge in [0, 0.05) is 13.0 Å². The Morgan fingerprint density at radius 2 is 2.08 bits per heavy atom. The molecule has 0 amide bonds. The van der Waals surface area contributed by atoms with Crippen LogP contribution in [0, 0.1) is 11.3 Å². The molecule has 6 heteroatoms. The summed E-state index contributed by atoms with van der Waals surface area (Å²) in [5, 5.41) is 27.4. The highest BCUT2D eigenvalue weighted by Gasteiger charge is 2.19. The van der Waals surface area contributed by atoms with Gasteiger partial charge >= 0.3 is 11.9 Å². The van der Waals surface area contributed by atoms with Crippen LogP contribution in [0.3, 0.4) is 0 Å². The standard InChI is InChI=1S/C7H10N2O4/c8-2-1-3-9-5(7(12)13)4-6(10)11/h5,9H,1,3-4H2,(H,10,11)(H,12,13)/t5-/m1/s1. The van der Waals surface area contributed by atoms with Gasteiger partial charge in [0.2, 0.25) is 0 Å². The normalized spacial score (nSPS) is 11.6. The molecule has 0 spiro atoms. The SMILES string of the molecule is N#CCCN[C@H](CC(=O)O)C(=O)O. The minimum absolute atomic E-state index is 0.156. The quantitative estimate of drug-likeness (QED) is 0.478. The Labute approximate surface area is 74.8 Å². The molecule has 0 aliphatic carbocycles. The van der Waals surface area contributed by atoms with Crippen molar-refractivity contribution in [2.45, 2.75) is 18.9 Å². The van der Waals surface area contributed by atoms with E-state index in [-0.39, 0.29) is 13.0 Å². The van der Waals surface area contributed by atoms with Crippen LogP contribution in [0.4, 0.5) is 0 Å². The number of nitrogens with zero attached hydrogens (tertiary/aromatic N) is 1. The summed E-state index contributed by atoms with van der Waals surface area (Å²) in [5.74, 6) is -2.41. The van der Waals surface area contributed by atoms with Crippen molar-refractivity contribution in [2.24, 2.45) is 0 Å². The first-order valence-corrected chi connectivity index (χ1v) is 3.63. The summed E-state index contributed by atoms with van der Waals surface area (Å²) in [6.45, 7) is 0.181. The van der Waals surface area contributed by atoms with Gasteiger partial charge < -0.3 is 15.5 Å². The number of hydrogen-bond donors (Lipinski definition) is 3. The van der Waals surface area contributed by atoms with Crippen molar-refractivity contribution in [1.82, 2.24) is 5.32 Å². The summed E-state index contributed by atoms with van der Waals surface area (Å²) >= 11 is 0. The van der Waals surface area contributed by atoms with E-state index < -0.39 is 24.4 Å². The predicted octanol–water partition coefficient (Wildman–Crippen LogP) is -0.582. The van der Waals surface area contributed by atoms with E-state index in [0.29, 0.717) is 0 Å². The van der Waals surface area contributed by atoms with Crippen molar-refractivity contribution < 1.29 is 19.8 Å². The summed E-state index contributed by atoms with van der Waals surface area (Å²) in [6, 6.07) is 0.693. The van der Waals surface area contributed by atoms with Gasteiger partial charge in [-0.15, -0.1) is 0 Å². The molecule has 13 heavy (non-hydrogen) atoms. The molecule has 0 aromatic heterocycles. The molecule has 0 aromatic carbocycles. The number of carboxylic acid groups (broad SMARTS) is 2. The third-order valence-electron chi connectivity index (χ3n) is 1.30. The van der Waals surface area contributed by atoms with Crippen LogP contribution in [-0.2, 0) is 9.59 Å². The lowest BCUT2D eigenvalue weighted by atomic mass is 10.2. The van der Waals surface area contributed by atoms with E-state index in [2.05, 4.69) is 5.32 Å². The van der Waals surface area contributed by atoms with Crippen LogP contribution in [-0.4, -0.2) is 34.7 Å². The highest BCUT2D eigenvalue weighted by atomic mass is 16.4. The van der Waals surface area contributed by atoms with Gasteiger partial charge in [0.05, 0.1) is 12.5 Å². The third-order valence-corrected chi connectivity index (χ3v) is 1.30. The molecule has 0 radical (unpaired) electrons. The second kappa shape index (κ2) is 5.97. The van der Waals surface area contributed by atoms with E-state index in [0.717, 1.165) is 0 Å². The van der Waals surface area contributed by atoms with Crippen molar-refractivity contribution in [1.29, 1.82) is 5.26 Å². The largest absolute Gasteiger partial charge is 0.481 e. The molecule has 3 N–H and O–H groups in total. The Kier molecular flexibility index (Phi) is 5.23. The Morgan fingerprint density at radius 3 is 2.46 bits per heavy atom. The molecular formula is C7H10N2O4. The lowest BCUT2D eigenvalue weighted by Gasteiger charge is -2.09. The summed E-state index contributed by atoms with van der Waals surface area (Å²) in [5.41, 5.74) is 0. The number of nitrogens with one attached hydrogen (secondary N) is 1. The topological polar surface area (TPSA) is 110 Å². The first-order valence-electron chi connectivity index (χ1n) is 3.63. The van der Waals surface area contributed by atoms with Crippen LogP contribution in [0.2, 0.25) is 0 Å². The number of hydrogen-bond acceptors (Lipinski definition) is 4. The second-order valence-electron chi connectivity index (χ2n) is 2.35. The van der Waals surface area contributed by atoms with E-state index in [1.54, 1.807) is 0 Å². The van der Waals surface area contributed by atoms with Crippen molar-refractivity contribution in [3.8, 4) is 6.07 Å². The fraction of sp³-hybridized carbons (Fsp3) is 0.571. The molecule has 72 valence electrons. The molecule has 0 unspecified atom stereocenters. The van der Waals surface area contributed by atoms with Crippen molar-refractivity contribution in [2.75, 3.05) is 6.54 Å². The van der Waals surface area contributed by atoms with Crippen LogP contribution in [0.1, 0.15) is 12.8 Å². The zero-order valence-electron chi connectivity index (χ0n) is 6.86. The summed E-state index contributed by atoms with van der Waals surface area (Å²) in [4.78, 5) is 20.6. The first-order chi connectivity index (χ1) is 6.07. The Balaban J connectivity index is 3.89. The van der Waals surface area contributed by atoms with Crippen LogP contribution in [0.15, 0.2) is 0 Å². The van der Waals surface area contributed by atoms with Gasteiger partial charge in [-0.1, -0.05) is 0 Å². The van der Waals surface area contributed by atoms with Crippen LogP contribution in [0.25, 0.3) is 0 Å². The molecule has 0 bridgehead atoms. The number of nitriles is 1. The van der Waals surface area contributed by atoms with Gasteiger partial charge in [0.25, 0.3) is 0 Å². The molecule has 0 aliphatic heterocycles. The van der Waals surface area contributed by atoms with Crippen LogP contribution >= 0.6 is 0 Å².